The van der Waals surface area contributed by atoms with Gasteiger partial charge in [0.2, 0.25) is 0 Å². The van der Waals surface area contributed by atoms with Crippen LogP contribution in [0.5, 0.6) is 5.75 Å². The van der Waals surface area contributed by atoms with Gasteiger partial charge in [-0.1, -0.05) is 68.3 Å². The van der Waals surface area contributed by atoms with Crippen LogP contribution < -0.4 is 10.5 Å². The number of benzene rings is 2. The summed E-state index contributed by atoms with van der Waals surface area (Å²) >= 11 is 1.33. The minimum Gasteiger partial charge on any atom is -0.488 e. The summed E-state index contributed by atoms with van der Waals surface area (Å²) in [5.74, 6) is -1.20. The molecule has 150 valence electrons. The van der Waals surface area contributed by atoms with E-state index in [0.29, 0.717) is 12.4 Å². The second-order valence-corrected chi connectivity index (χ2v) is 7.18. The molecule has 0 unspecified atom stereocenters. The monoisotopic (exact) mass is 405 g/mol. The molecule has 2 aromatic carbocycles. The van der Waals surface area contributed by atoms with Crippen molar-refractivity contribution in [3.63, 3.8) is 0 Å². The van der Waals surface area contributed by atoms with Gasteiger partial charge in [0.25, 0.3) is 0 Å². The van der Waals surface area contributed by atoms with E-state index in [9.17, 15) is 8.78 Å². The van der Waals surface area contributed by atoms with Crippen molar-refractivity contribution in [3.05, 3.63) is 65.2 Å². The Labute approximate surface area is 168 Å². The molecule has 0 heterocycles. The van der Waals surface area contributed by atoms with E-state index < -0.39 is 11.6 Å². The van der Waals surface area contributed by atoms with E-state index in [2.05, 4.69) is 17.1 Å². The quantitative estimate of drug-likeness (QED) is 0.245. The molecule has 0 aliphatic rings. The molecule has 4 nitrogen and oxygen atoms in total. The van der Waals surface area contributed by atoms with Crippen LogP contribution in [0.15, 0.2) is 52.7 Å². The molecule has 0 spiro atoms. The summed E-state index contributed by atoms with van der Waals surface area (Å²) in [6.45, 7) is 2.39. The van der Waals surface area contributed by atoms with Crippen LogP contribution in [0, 0.1) is 11.6 Å². The Kier molecular flexibility index (Phi) is 9.48. The predicted molar refractivity (Wildman–Crippen MR) is 113 cm³/mol. The Morgan fingerprint density at radius 2 is 1.82 bits per heavy atom. The Morgan fingerprint density at radius 1 is 1.11 bits per heavy atom. The first-order valence-corrected chi connectivity index (χ1v) is 10.2. The number of unbranched alkanes of at least 4 members (excludes halogenated alkanes) is 3. The summed E-state index contributed by atoms with van der Waals surface area (Å²) in [7, 11) is 0. The number of halogens is 2. The SMILES string of the molecule is CCCCCCOc1c(F)cc(C=NN=C(N)SCc2ccccc2)cc1F. The van der Waals surface area contributed by atoms with Crippen molar-refractivity contribution in [3.8, 4) is 5.75 Å². The van der Waals surface area contributed by atoms with Gasteiger partial charge in [0.1, 0.15) is 0 Å². The molecular weight excluding hydrogens is 380 g/mol. The highest BCUT2D eigenvalue weighted by Gasteiger charge is 2.12. The van der Waals surface area contributed by atoms with Crippen LogP contribution in [-0.2, 0) is 5.75 Å². The van der Waals surface area contributed by atoms with Gasteiger partial charge in [0.15, 0.2) is 22.6 Å². The average molecular weight is 406 g/mol. The molecule has 0 atom stereocenters. The van der Waals surface area contributed by atoms with E-state index in [1.54, 1.807) is 0 Å². The molecule has 28 heavy (non-hydrogen) atoms. The molecular formula is C21H25F2N3OS. The number of thioether (sulfide) groups is 1. The zero-order chi connectivity index (χ0) is 20.2. The summed E-state index contributed by atoms with van der Waals surface area (Å²) < 4.78 is 33.4. The maximum atomic E-state index is 14.1. The maximum Gasteiger partial charge on any atom is 0.190 e. The molecule has 7 heteroatoms. The van der Waals surface area contributed by atoms with Gasteiger partial charge in [-0.2, -0.15) is 5.10 Å². The smallest absolute Gasteiger partial charge is 0.190 e. The number of nitrogens with two attached hydrogens (primary N) is 1. The molecule has 2 N–H and O–H groups in total. The normalized spacial score (nSPS) is 11.9. The molecule has 0 bridgehead atoms. The molecule has 2 rings (SSSR count). The van der Waals surface area contributed by atoms with E-state index >= 15 is 0 Å². The summed E-state index contributed by atoms with van der Waals surface area (Å²) in [5, 5.41) is 7.92. The number of amidine groups is 1. The lowest BCUT2D eigenvalue weighted by Crippen LogP contribution is -2.06. The molecule has 0 saturated carbocycles. The zero-order valence-electron chi connectivity index (χ0n) is 15.9. The van der Waals surface area contributed by atoms with Gasteiger partial charge >= 0.3 is 0 Å². The molecule has 0 amide bonds. The standard InChI is InChI=1S/C21H25F2N3OS/c1-2-3-4-8-11-27-20-18(22)12-17(13-19(20)23)14-25-26-21(24)28-15-16-9-6-5-7-10-16/h5-7,9-10,12-14H,2-4,8,11,15H2,1H3,(H2,24,26). The van der Waals surface area contributed by atoms with E-state index in [0.717, 1.165) is 43.4 Å². The summed E-state index contributed by atoms with van der Waals surface area (Å²) in [6, 6.07) is 12.1. The van der Waals surface area contributed by atoms with Crippen LogP contribution >= 0.6 is 11.8 Å². The van der Waals surface area contributed by atoms with Gasteiger partial charge in [0.05, 0.1) is 12.8 Å². The molecule has 0 fully saturated rings. The van der Waals surface area contributed by atoms with Gasteiger partial charge < -0.3 is 10.5 Å². The summed E-state index contributed by atoms with van der Waals surface area (Å²) in [6.07, 6.45) is 5.18. The topological polar surface area (TPSA) is 60.0 Å². The summed E-state index contributed by atoms with van der Waals surface area (Å²) in [4.78, 5) is 0. The lowest BCUT2D eigenvalue weighted by atomic mass is 10.2. The first-order valence-electron chi connectivity index (χ1n) is 9.25. The van der Waals surface area contributed by atoms with Crippen LogP contribution in [0.1, 0.15) is 43.7 Å². The average Bonchev–Trinajstić information content (AvgIpc) is 2.69. The van der Waals surface area contributed by atoms with Crippen molar-refractivity contribution in [2.75, 3.05) is 6.61 Å². The lowest BCUT2D eigenvalue weighted by Gasteiger charge is -2.08. The van der Waals surface area contributed by atoms with Crippen molar-refractivity contribution < 1.29 is 13.5 Å². The molecule has 0 saturated heterocycles. The molecule has 0 aromatic heterocycles. The second kappa shape index (κ2) is 12.1. The van der Waals surface area contributed by atoms with Crippen LogP contribution in [0.3, 0.4) is 0 Å². The van der Waals surface area contributed by atoms with Gasteiger partial charge in [0, 0.05) is 11.3 Å². The van der Waals surface area contributed by atoms with Crippen molar-refractivity contribution in [1.29, 1.82) is 0 Å². The number of ether oxygens (including phenoxy) is 1. The lowest BCUT2D eigenvalue weighted by molar-refractivity contribution is 0.275. The highest BCUT2D eigenvalue weighted by atomic mass is 32.2. The fourth-order valence-electron chi connectivity index (χ4n) is 2.41. The fourth-order valence-corrected chi connectivity index (χ4v) is 3.02. The third-order valence-electron chi connectivity index (χ3n) is 3.86. The van der Waals surface area contributed by atoms with E-state index in [1.807, 2.05) is 30.3 Å². The van der Waals surface area contributed by atoms with Crippen LogP contribution in [-0.4, -0.2) is 18.0 Å². The van der Waals surface area contributed by atoms with Gasteiger partial charge in [-0.3, -0.25) is 0 Å². The Balaban J connectivity index is 1.88. The van der Waals surface area contributed by atoms with Gasteiger partial charge in [-0.05, 0) is 24.1 Å². The highest BCUT2D eigenvalue weighted by Crippen LogP contribution is 2.23. The fraction of sp³-hybridized carbons (Fsp3) is 0.333. The van der Waals surface area contributed by atoms with Crippen molar-refractivity contribution in [2.45, 2.75) is 38.4 Å². The third kappa shape index (κ3) is 7.68. The summed E-state index contributed by atoms with van der Waals surface area (Å²) in [5.41, 5.74) is 7.15. The zero-order valence-corrected chi connectivity index (χ0v) is 16.7. The maximum absolute atomic E-state index is 14.1. The Bertz CT molecular complexity index is 774. The second-order valence-electron chi connectivity index (χ2n) is 6.18. The highest BCUT2D eigenvalue weighted by molar-refractivity contribution is 8.13. The largest absolute Gasteiger partial charge is 0.488 e. The molecule has 2 aromatic rings. The van der Waals surface area contributed by atoms with Crippen LogP contribution in [0.25, 0.3) is 0 Å². The van der Waals surface area contributed by atoms with Crippen molar-refractivity contribution in [2.24, 2.45) is 15.9 Å². The van der Waals surface area contributed by atoms with Gasteiger partial charge in [-0.25, -0.2) is 8.78 Å². The van der Waals surface area contributed by atoms with Crippen molar-refractivity contribution >= 4 is 23.1 Å². The van der Waals surface area contributed by atoms with Gasteiger partial charge in [-0.15, -0.1) is 5.10 Å². The first-order chi connectivity index (χ1) is 13.6. The number of rotatable bonds is 10. The predicted octanol–water partition coefficient (Wildman–Crippen LogP) is 5.51. The number of hydrogen-bond donors (Lipinski definition) is 1. The minimum absolute atomic E-state index is 0.248. The third-order valence-corrected chi connectivity index (χ3v) is 4.71. The van der Waals surface area contributed by atoms with E-state index in [-0.39, 0.29) is 16.5 Å². The molecule has 0 aliphatic carbocycles. The number of hydrogen-bond acceptors (Lipinski definition) is 4. The van der Waals surface area contributed by atoms with E-state index in [4.69, 9.17) is 10.5 Å². The van der Waals surface area contributed by atoms with Crippen molar-refractivity contribution in [1.82, 2.24) is 0 Å². The molecule has 0 radical (unpaired) electrons. The number of nitrogens with zero attached hydrogens (tertiary/aromatic N) is 2. The van der Waals surface area contributed by atoms with Crippen LogP contribution in [0.2, 0.25) is 0 Å². The minimum atomic E-state index is -0.757. The molecule has 0 aliphatic heterocycles. The van der Waals surface area contributed by atoms with Crippen LogP contribution in [0.4, 0.5) is 8.78 Å². The first kappa shape index (κ1) is 21.9. The Morgan fingerprint density at radius 3 is 2.50 bits per heavy atom. The Hall–Kier alpha value is -2.41. The van der Waals surface area contributed by atoms with E-state index in [1.165, 1.54) is 18.0 Å².